The van der Waals surface area contributed by atoms with Crippen LogP contribution >= 0.6 is 0 Å². The molecule has 1 rings (SSSR count). The topological polar surface area (TPSA) is 73.0 Å². The standard InChI is InChI=1S/C9H14N2O2S/c1-3-7(2)14(12,13)9-4-5-11-6-8(9)10/h4-7H,3,10H2,1-2H3. The number of hydrogen-bond donors (Lipinski definition) is 1. The fourth-order valence-electron chi connectivity index (χ4n) is 1.09. The predicted octanol–water partition coefficient (Wildman–Crippen LogP) is 1.24. The fourth-order valence-corrected chi connectivity index (χ4v) is 2.59. The molecule has 4 nitrogen and oxygen atoms in total. The summed E-state index contributed by atoms with van der Waals surface area (Å²) in [5.41, 5.74) is 5.77. The number of sulfone groups is 1. The molecule has 0 aliphatic rings. The summed E-state index contributed by atoms with van der Waals surface area (Å²) in [5, 5.41) is -0.410. The Hall–Kier alpha value is -1.10. The Morgan fingerprint density at radius 1 is 1.57 bits per heavy atom. The predicted molar refractivity (Wildman–Crippen MR) is 55.6 cm³/mol. The van der Waals surface area contributed by atoms with Crippen LogP contribution in [-0.4, -0.2) is 18.7 Å². The van der Waals surface area contributed by atoms with Crippen molar-refractivity contribution in [3.05, 3.63) is 18.5 Å². The summed E-state index contributed by atoms with van der Waals surface area (Å²) in [4.78, 5) is 3.94. The van der Waals surface area contributed by atoms with E-state index in [0.29, 0.717) is 6.42 Å². The monoisotopic (exact) mass is 214 g/mol. The molecule has 5 heteroatoms. The Morgan fingerprint density at radius 3 is 2.71 bits per heavy atom. The molecule has 1 aromatic rings. The minimum atomic E-state index is -3.28. The summed E-state index contributed by atoms with van der Waals surface area (Å²) < 4.78 is 23.8. The van der Waals surface area contributed by atoms with Crippen molar-refractivity contribution < 1.29 is 8.42 Å². The lowest BCUT2D eigenvalue weighted by atomic mass is 10.4. The lowest BCUT2D eigenvalue weighted by molar-refractivity contribution is 0.581. The van der Waals surface area contributed by atoms with Crippen molar-refractivity contribution in [3.63, 3.8) is 0 Å². The van der Waals surface area contributed by atoms with Gasteiger partial charge in [-0.3, -0.25) is 4.98 Å². The van der Waals surface area contributed by atoms with Crippen LogP contribution in [0, 0.1) is 0 Å². The maximum absolute atomic E-state index is 11.9. The van der Waals surface area contributed by atoms with E-state index >= 15 is 0 Å². The molecule has 14 heavy (non-hydrogen) atoms. The summed E-state index contributed by atoms with van der Waals surface area (Å²) in [7, 11) is -3.28. The molecular formula is C9H14N2O2S. The van der Waals surface area contributed by atoms with Gasteiger partial charge in [-0.05, 0) is 19.4 Å². The number of rotatable bonds is 3. The molecule has 0 saturated heterocycles. The summed E-state index contributed by atoms with van der Waals surface area (Å²) in [6, 6.07) is 1.44. The first-order valence-electron chi connectivity index (χ1n) is 4.43. The van der Waals surface area contributed by atoms with Crippen molar-refractivity contribution >= 4 is 15.5 Å². The Morgan fingerprint density at radius 2 is 2.21 bits per heavy atom. The van der Waals surface area contributed by atoms with Gasteiger partial charge in [-0.2, -0.15) is 0 Å². The third-order valence-electron chi connectivity index (χ3n) is 2.22. The van der Waals surface area contributed by atoms with Gasteiger partial charge in [-0.1, -0.05) is 6.92 Å². The fraction of sp³-hybridized carbons (Fsp3) is 0.444. The molecule has 1 atom stereocenters. The lowest BCUT2D eigenvalue weighted by Crippen LogP contribution is -2.18. The van der Waals surface area contributed by atoms with Gasteiger partial charge in [-0.25, -0.2) is 8.42 Å². The smallest absolute Gasteiger partial charge is 0.183 e. The Kier molecular flexibility index (Phi) is 3.10. The second-order valence-electron chi connectivity index (χ2n) is 3.18. The Labute approximate surface area is 84.1 Å². The van der Waals surface area contributed by atoms with E-state index in [1.165, 1.54) is 18.5 Å². The van der Waals surface area contributed by atoms with Crippen molar-refractivity contribution in [1.29, 1.82) is 0 Å². The maximum Gasteiger partial charge on any atom is 0.183 e. The molecule has 1 unspecified atom stereocenters. The maximum atomic E-state index is 11.9. The zero-order valence-electron chi connectivity index (χ0n) is 8.27. The van der Waals surface area contributed by atoms with Gasteiger partial charge in [0.15, 0.2) is 9.84 Å². The van der Waals surface area contributed by atoms with Crippen LogP contribution < -0.4 is 5.73 Å². The van der Waals surface area contributed by atoms with E-state index in [0.717, 1.165) is 0 Å². The first-order chi connectivity index (χ1) is 6.50. The largest absolute Gasteiger partial charge is 0.396 e. The molecule has 0 amide bonds. The highest BCUT2D eigenvalue weighted by atomic mass is 32.2. The van der Waals surface area contributed by atoms with Crippen LogP contribution in [0.3, 0.4) is 0 Å². The molecule has 0 spiro atoms. The molecule has 1 heterocycles. The molecule has 0 aliphatic carbocycles. The highest BCUT2D eigenvalue weighted by Gasteiger charge is 2.23. The summed E-state index contributed by atoms with van der Waals surface area (Å²) in [5.74, 6) is 0. The highest BCUT2D eigenvalue weighted by molar-refractivity contribution is 7.92. The van der Waals surface area contributed by atoms with Crippen molar-refractivity contribution in [1.82, 2.24) is 4.98 Å². The highest BCUT2D eigenvalue weighted by Crippen LogP contribution is 2.22. The molecule has 78 valence electrons. The van der Waals surface area contributed by atoms with E-state index < -0.39 is 15.1 Å². The molecule has 1 aromatic heterocycles. The molecule has 2 N–H and O–H groups in total. The first-order valence-corrected chi connectivity index (χ1v) is 5.98. The van der Waals surface area contributed by atoms with Gasteiger partial charge in [0.05, 0.1) is 22.0 Å². The average molecular weight is 214 g/mol. The molecule has 0 saturated carbocycles. The number of hydrogen-bond acceptors (Lipinski definition) is 4. The third-order valence-corrected chi connectivity index (χ3v) is 4.60. The number of aromatic nitrogens is 1. The van der Waals surface area contributed by atoms with E-state index in [-0.39, 0.29) is 10.6 Å². The number of nitrogens with two attached hydrogens (primary N) is 1. The van der Waals surface area contributed by atoms with Gasteiger partial charge in [0.1, 0.15) is 0 Å². The van der Waals surface area contributed by atoms with E-state index in [4.69, 9.17) is 5.73 Å². The minimum Gasteiger partial charge on any atom is -0.396 e. The minimum absolute atomic E-state index is 0.182. The van der Waals surface area contributed by atoms with E-state index in [9.17, 15) is 8.42 Å². The molecule has 0 bridgehead atoms. The van der Waals surface area contributed by atoms with Crippen LogP contribution in [-0.2, 0) is 9.84 Å². The molecule has 0 aromatic carbocycles. The first kappa shape index (κ1) is 11.0. The number of nitrogen functional groups attached to an aromatic ring is 1. The van der Waals surface area contributed by atoms with Gasteiger partial charge in [0.25, 0.3) is 0 Å². The van der Waals surface area contributed by atoms with Crippen molar-refractivity contribution in [2.45, 2.75) is 30.4 Å². The molecular weight excluding hydrogens is 200 g/mol. The van der Waals surface area contributed by atoms with Gasteiger partial charge < -0.3 is 5.73 Å². The zero-order chi connectivity index (χ0) is 10.8. The zero-order valence-corrected chi connectivity index (χ0v) is 9.08. The Bertz CT molecular complexity index is 415. The number of nitrogens with zero attached hydrogens (tertiary/aromatic N) is 1. The number of anilines is 1. The van der Waals surface area contributed by atoms with Crippen LogP contribution in [0.1, 0.15) is 20.3 Å². The van der Waals surface area contributed by atoms with E-state index in [2.05, 4.69) is 4.98 Å². The lowest BCUT2D eigenvalue weighted by Gasteiger charge is -2.11. The van der Waals surface area contributed by atoms with Crippen molar-refractivity contribution in [2.75, 3.05) is 5.73 Å². The third kappa shape index (κ3) is 1.87. The van der Waals surface area contributed by atoms with Gasteiger partial charge in [0, 0.05) is 6.20 Å². The van der Waals surface area contributed by atoms with Crippen LogP contribution in [0.15, 0.2) is 23.4 Å². The van der Waals surface area contributed by atoms with Crippen molar-refractivity contribution in [3.8, 4) is 0 Å². The van der Waals surface area contributed by atoms with Crippen molar-refractivity contribution in [2.24, 2.45) is 0 Å². The van der Waals surface area contributed by atoms with Gasteiger partial charge in [0.2, 0.25) is 0 Å². The van der Waals surface area contributed by atoms with E-state index in [1.807, 2.05) is 6.92 Å². The molecule has 0 radical (unpaired) electrons. The second-order valence-corrected chi connectivity index (χ2v) is 5.51. The molecule has 0 fully saturated rings. The van der Waals surface area contributed by atoms with Gasteiger partial charge in [-0.15, -0.1) is 0 Å². The van der Waals surface area contributed by atoms with Crippen LogP contribution in [0.2, 0.25) is 0 Å². The van der Waals surface area contributed by atoms with E-state index in [1.54, 1.807) is 6.92 Å². The summed E-state index contributed by atoms with van der Waals surface area (Å²) in [6.45, 7) is 3.51. The number of pyridine rings is 1. The summed E-state index contributed by atoms with van der Waals surface area (Å²) >= 11 is 0. The SMILES string of the molecule is CCC(C)S(=O)(=O)c1ccncc1N. The average Bonchev–Trinajstić information content (AvgIpc) is 2.17. The van der Waals surface area contributed by atoms with Gasteiger partial charge >= 0.3 is 0 Å². The Balaban J connectivity index is 3.24. The second kappa shape index (κ2) is 3.96. The quantitative estimate of drug-likeness (QED) is 0.821. The van der Waals surface area contributed by atoms with Crippen LogP contribution in [0.25, 0.3) is 0 Å². The molecule has 0 aliphatic heterocycles. The summed E-state index contributed by atoms with van der Waals surface area (Å²) in [6.07, 6.45) is 3.37. The van der Waals surface area contributed by atoms with Crippen LogP contribution in [0.5, 0.6) is 0 Å². The van der Waals surface area contributed by atoms with Crippen LogP contribution in [0.4, 0.5) is 5.69 Å². The normalized spacial score (nSPS) is 13.9.